The number of anilines is 1. The molecule has 0 spiro atoms. The van der Waals surface area contributed by atoms with Gasteiger partial charge in [-0.3, -0.25) is 4.79 Å². The number of benzene rings is 2. The zero-order valence-corrected chi connectivity index (χ0v) is 16.6. The van der Waals surface area contributed by atoms with Crippen molar-refractivity contribution < 1.29 is 19.0 Å². The van der Waals surface area contributed by atoms with Crippen molar-refractivity contribution in [2.24, 2.45) is 0 Å². The zero-order valence-electron chi connectivity index (χ0n) is 15.9. The van der Waals surface area contributed by atoms with Crippen LogP contribution in [0.4, 0.5) is 5.69 Å². The van der Waals surface area contributed by atoms with E-state index < -0.39 is 0 Å². The van der Waals surface area contributed by atoms with Gasteiger partial charge in [-0.1, -0.05) is 28.9 Å². The number of carbonyl (C=O) groups excluding carboxylic acids is 1. The van der Waals surface area contributed by atoms with Gasteiger partial charge in [-0.05, 0) is 29.8 Å². The number of halogens is 1. The molecule has 2 aromatic carbocycles. The van der Waals surface area contributed by atoms with Crippen molar-refractivity contribution in [3.8, 4) is 11.5 Å². The van der Waals surface area contributed by atoms with Crippen LogP contribution in [0.3, 0.4) is 0 Å². The molecule has 9 heteroatoms. The largest absolute Gasteiger partial charge is 0.493 e. The maximum Gasteiger partial charge on any atom is 0.278 e. The maximum absolute atomic E-state index is 12.7. The smallest absolute Gasteiger partial charge is 0.278 e. The SMILES string of the molecule is COc1ccc(NC(=O)c2nnn3c2CO[C@H](c2ccc(Cl)cc2)C3)cc1OC. The lowest BCUT2D eigenvalue weighted by Crippen LogP contribution is -2.24. The van der Waals surface area contributed by atoms with E-state index in [9.17, 15) is 4.79 Å². The number of nitrogens with zero attached hydrogens (tertiary/aromatic N) is 3. The van der Waals surface area contributed by atoms with Crippen LogP contribution < -0.4 is 14.8 Å². The molecule has 1 aliphatic heterocycles. The molecule has 3 aromatic rings. The summed E-state index contributed by atoms with van der Waals surface area (Å²) in [4.78, 5) is 12.7. The summed E-state index contributed by atoms with van der Waals surface area (Å²) in [5.41, 5.74) is 2.42. The van der Waals surface area contributed by atoms with Crippen molar-refractivity contribution >= 4 is 23.2 Å². The Kier molecular flexibility index (Phi) is 5.37. The van der Waals surface area contributed by atoms with Crippen LogP contribution in [0.1, 0.15) is 27.8 Å². The van der Waals surface area contributed by atoms with Gasteiger partial charge in [0, 0.05) is 16.8 Å². The second-order valence-corrected chi connectivity index (χ2v) is 6.88. The first-order valence-electron chi connectivity index (χ1n) is 8.92. The normalized spacial score (nSPS) is 15.5. The fourth-order valence-corrected chi connectivity index (χ4v) is 3.30. The fourth-order valence-electron chi connectivity index (χ4n) is 3.17. The standard InChI is InChI=1S/C20H19ClN4O4/c1-27-16-8-7-14(9-17(16)28-2)22-20(26)19-15-11-29-18(10-25(15)24-23-19)12-3-5-13(21)6-4-12/h3-9,18H,10-11H2,1-2H3,(H,22,26)/t18-/m0/s1. The quantitative estimate of drug-likeness (QED) is 0.687. The van der Waals surface area contributed by atoms with Crippen LogP contribution >= 0.6 is 11.6 Å². The average Bonchev–Trinajstić information content (AvgIpc) is 3.17. The van der Waals surface area contributed by atoms with E-state index >= 15 is 0 Å². The summed E-state index contributed by atoms with van der Waals surface area (Å²) in [6, 6.07) is 12.6. The summed E-state index contributed by atoms with van der Waals surface area (Å²) in [6.45, 7) is 0.697. The van der Waals surface area contributed by atoms with Gasteiger partial charge in [0.05, 0.1) is 33.1 Å². The number of rotatable bonds is 5. The van der Waals surface area contributed by atoms with Gasteiger partial charge in [0.2, 0.25) is 0 Å². The van der Waals surface area contributed by atoms with E-state index in [1.165, 1.54) is 7.11 Å². The van der Waals surface area contributed by atoms with Crippen LogP contribution in [0, 0.1) is 0 Å². The van der Waals surface area contributed by atoms with Crippen molar-refractivity contribution in [1.82, 2.24) is 15.0 Å². The molecular weight excluding hydrogens is 396 g/mol. The zero-order chi connectivity index (χ0) is 20.4. The van der Waals surface area contributed by atoms with E-state index in [0.29, 0.717) is 34.4 Å². The van der Waals surface area contributed by atoms with Gasteiger partial charge in [0.1, 0.15) is 6.10 Å². The van der Waals surface area contributed by atoms with Crippen LogP contribution in [-0.2, 0) is 17.9 Å². The second kappa shape index (κ2) is 8.10. The molecule has 0 unspecified atom stereocenters. The predicted molar refractivity (Wildman–Crippen MR) is 107 cm³/mol. The highest BCUT2D eigenvalue weighted by Gasteiger charge is 2.27. The van der Waals surface area contributed by atoms with Crippen molar-refractivity contribution in [2.75, 3.05) is 19.5 Å². The highest BCUT2D eigenvalue weighted by Crippen LogP contribution is 2.31. The molecule has 1 aliphatic rings. The number of methoxy groups -OCH3 is 2. The first-order chi connectivity index (χ1) is 14.1. The van der Waals surface area contributed by atoms with Crippen LogP contribution in [0.25, 0.3) is 0 Å². The summed E-state index contributed by atoms with van der Waals surface area (Å²) in [6.07, 6.45) is -0.178. The monoisotopic (exact) mass is 414 g/mol. The van der Waals surface area contributed by atoms with E-state index in [4.69, 9.17) is 25.8 Å². The summed E-state index contributed by atoms with van der Waals surface area (Å²) in [7, 11) is 3.09. The molecule has 0 saturated heterocycles. The third-order valence-electron chi connectivity index (χ3n) is 4.70. The Morgan fingerprint density at radius 1 is 1.17 bits per heavy atom. The highest BCUT2D eigenvalue weighted by atomic mass is 35.5. The lowest BCUT2D eigenvalue weighted by atomic mass is 10.1. The predicted octanol–water partition coefficient (Wildman–Crippen LogP) is 3.47. The fraction of sp³-hybridized carbons (Fsp3) is 0.250. The van der Waals surface area contributed by atoms with Gasteiger partial charge in [-0.15, -0.1) is 5.10 Å². The van der Waals surface area contributed by atoms with E-state index in [-0.39, 0.29) is 24.3 Å². The van der Waals surface area contributed by atoms with Crippen LogP contribution in [0.2, 0.25) is 5.02 Å². The minimum atomic E-state index is -0.369. The van der Waals surface area contributed by atoms with Crippen LogP contribution in [0.5, 0.6) is 11.5 Å². The van der Waals surface area contributed by atoms with Gasteiger partial charge in [-0.2, -0.15) is 0 Å². The first-order valence-corrected chi connectivity index (χ1v) is 9.29. The second-order valence-electron chi connectivity index (χ2n) is 6.44. The van der Waals surface area contributed by atoms with Crippen molar-refractivity contribution in [3.05, 3.63) is 64.4 Å². The maximum atomic E-state index is 12.7. The first kappa shape index (κ1) is 19.2. The molecule has 4 rings (SSSR count). The van der Waals surface area contributed by atoms with Gasteiger partial charge >= 0.3 is 0 Å². The Hall–Kier alpha value is -3.10. The van der Waals surface area contributed by atoms with Crippen molar-refractivity contribution in [2.45, 2.75) is 19.3 Å². The molecule has 0 fully saturated rings. The molecule has 1 amide bonds. The Labute approximate surface area is 172 Å². The summed E-state index contributed by atoms with van der Waals surface area (Å²) in [5, 5.41) is 11.7. The van der Waals surface area contributed by atoms with E-state index in [2.05, 4.69) is 15.6 Å². The number of aromatic nitrogens is 3. The number of amides is 1. The van der Waals surface area contributed by atoms with Gasteiger partial charge < -0.3 is 19.5 Å². The number of hydrogen-bond donors (Lipinski definition) is 1. The number of nitrogens with one attached hydrogen (secondary N) is 1. The Morgan fingerprint density at radius 2 is 1.93 bits per heavy atom. The van der Waals surface area contributed by atoms with Crippen LogP contribution in [0.15, 0.2) is 42.5 Å². The number of hydrogen-bond acceptors (Lipinski definition) is 6. The Morgan fingerprint density at radius 3 is 2.66 bits per heavy atom. The van der Waals surface area contributed by atoms with E-state index in [0.717, 1.165) is 5.56 Å². The summed E-state index contributed by atoms with van der Waals surface area (Å²) >= 11 is 5.94. The average molecular weight is 415 g/mol. The molecule has 29 heavy (non-hydrogen) atoms. The lowest BCUT2D eigenvalue weighted by molar-refractivity contribution is -0.00171. The molecule has 150 valence electrons. The molecule has 1 aromatic heterocycles. The van der Waals surface area contributed by atoms with E-state index in [1.54, 1.807) is 30.0 Å². The third-order valence-corrected chi connectivity index (χ3v) is 4.95. The molecule has 2 heterocycles. The van der Waals surface area contributed by atoms with E-state index in [1.807, 2.05) is 24.3 Å². The van der Waals surface area contributed by atoms with Gasteiger partial charge in [0.25, 0.3) is 5.91 Å². The molecular formula is C20H19ClN4O4. The van der Waals surface area contributed by atoms with Crippen molar-refractivity contribution in [3.63, 3.8) is 0 Å². The van der Waals surface area contributed by atoms with Gasteiger partial charge in [-0.25, -0.2) is 4.68 Å². The van der Waals surface area contributed by atoms with Crippen molar-refractivity contribution in [1.29, 1.82) is 0 Å². The molecule has 0 aliphatic carbocycles. The lowest BCUT2D eigenvalue weighted by Gasteiger charge is -2.24. The minimum absolute atomic E-state index is 0.178. The molecule has 1 atom stereocenters. The highest BCUT2D eigenvalue weighted by molar-refractivity contribution is 6.30. The van der Waals surface area contributed by atoms with Crippen LogP contribution in [-0.4, -0.2) is 35.1 Å². The number of carbonyl (C=O) groups is 1. The molecule has 1 N–H and O–H groups in total. The molecule has 0 radical (unpaired) electrons. The Balaban J connectivity index is 1.50. The minimum Gasteiger partial charge on any atom is -0.493 e. The summed E-state index contributed by atoms with van der Waals surface area (Å²) < 4.78 is 18.1. The van der Waals surface area contributed by atoms with Gasteiger partial charge in [0.15, 0.2) is 17.2 Å². The molecule has 8 nitrogen and oxygen atoms in total. The number of ether oxygens (including phenoxy) is 3. The summed E-state index contributed by atoms with van der Waals surface area (Å²) in [5.74, 6) is 0.727. The third kappa shape index (κ3) is 3.90. The topological polar surface area (TPSA) is 87.5 Å². The molecule has 0 saturated carbocycles. The Bertz CT molecular complexity index is 1040. The molecule has 0 bridgehead atoms. The number of fused-ring (bicyclic) bond motifs is 1.